The van der Waals surface area contributed by atoms with Crippen LogP contribution in [-0.2, 0) is 16.0 Å². The van der Waals surface area contributed by atoms with E-state index in [-0.39, 0.29) is 24.1 Å². The number of hydrogen-bond donors (Lipinski definition) is 1. The number of benzene rings is 1. The van der Waals surface area contributed by atoms with Gasteiger partial charge < -0.3 is 10.0 Å². The van der Waals surface area contributed by atoms with E-state index in [0.717, 1.165) is 19.3 Å². The van der Waals surface area contributed by atoms with Crippen LogP contribution in [0.3, 0.4) is 0 Å². The minimum atomic E-state index is -0.919. The van der Waals surface area contributed by atoms with Crippen molar-refractivity contribution in [3.63, 3.8) is 0 Å². The Morgan fingerprint density at radius 1 is 1.33 bits per heavy atom. The molecule has 1 saturated carbocycles. The summed E-state index contributed by atoms with van der Waals surface area (Å²) in [6.45, 7) is 0.524. The number of nitrogens with zero attached hydrogens (tertiary/aromatic N) is 1. The van der Waals surface area contributed by atoms with Crippen molar-refractivity contribution in [2.24, 2.45) is 11.8 Å². The fourth-order valence-electron chi connectivity index (χ4n) is 3.80. The fraction of sp³-hybridized carbons (Fsp3) is 0.500. The van der Waals surface area contributed by atoms with Gasteiger partial charge in [-0.3, -0.25) is 4.79 Å². The summed E-state index contributed by atoms with van der Waals surface area (Å²) in [5, 5.41) is 9.44. The first-order chi connectivity index (χ1) is 10.1. The van der Waals surface area contributed by atoms with Crippen LogP contribution in [0, 0.1) is 17.7 Å². The van der Waals surface area contributed by atoms with Crippen molar-refractivity contribution in [2.45, 2.75) is 31.7 Å². The summed E-state index contributed by atoms with van der Waals surface area (Å²) in [5.41, 5.74) is 0.584. The maximum Gasteiger partial charge on any atom is 0.326 e. The highest BCUT2D eigenvalue weighted by molar-refractivity contribution is 5.86. The second-order valence-corrected chi connectivity index (χ2v) is 5.99. The van der Waals surface area contributed by atoms with E-state index in [2.05, 4.69) is 0 Å². The number of halogens is 1. The van der Waals surface area contributed by atoms with E-state index >= 15 is 0 Å². The van der Waals surface area contributed by atoms with Crippen LogP contribution in [0.15, 0.2) is 24.3 Å². The molecule has 1 aromatic rings. The number of carbonyl (C=O) groups excluding carboxylic acids is 1. The largest absolute Gasteiger partial charge is 0.480 e. The third-order valence-electron chi connectivity index (χ3n) is 4.71. The Bertz CT molecular complexity index is 574. The second-order valence-electron chi connectivity index (χ2n) is 5.99. The second kappa shape index (κ2) is 5.47. The number of fused-ring (bicyclic) bond motifs is 1. The maximum atomic E-state index is 13.2. The smallest absolute Gasteiger partial charge is 0.326 e. The van der Waals surface area contributed by atoms with Crippen LogP contribution in [0.2, 0.25) is 0 Å². The molecule has 3 atom stereocenters. The molecule has 2 aliphatic rings. The average molecular weight is 291 g/mol. The number of carboxylic acid groups (broad SMARTS) is 1. The first-order valence-corrected chi connectivity index (χ1v) is 7.33. The van der Waals surface area contributed by atoms with E-state index in [9.17, 15) is 19.1 Å². The van der Waals surface area contributed by atoms with Crippen molar-refractivity contribution in [1.82, 2.24) is 4.90 Å². The van der Waals surface area contributed by atoms with Gasteiger partial charge in [0.25, 0.3) is 0 Å². The standard InChI is InChI=1S/C16H18FNO3/c17-12-5-1-3-10(7-12)8-14(19)18-9-11-4-2-6-13(11)15(18)16(20)21/h1,3,5,7,11,13,15H,2,4,6,8-9H2,(H,20,21). The molecule has 5 heteroatoms. The number of carboxylic acids is 1. The Morgan fingerprint density at radius 2 is 2.14 bits per heavy atom. The number of aliphatic carboxylic acids is 1. The summed E-state index contributed by atoms with van der Waals surface area (Å²) >= 11 is 0. The van der Waals surface area contributed by atoms with Gasteiger partial charge in [0, 0.05) is 6.54 Å². The highest BCUT2D eigenvalue weighted by Crippen LogP contribution is 2.42. The molecule has 1 N–H and O–H groups in total. The van der Waals surface area contributed by atoms with Crippen LogP contribution in [0.25, 0.3) is 0 Å². The van der Waals surface area contributed by atoms with E-state index in [1.165, 1.54) is 17.0 Å². The molecule has 112 valence electrons. The van der Waals surface area contributed by atoms with E-state index in [1.54, 1.807) is 12.1 Å². The average Bonchev–Trinajstić information content (AvgIpc) is 2.97. The number of rotatable bonds is 3. The predicted molar refractivity (Wildman–Crippen MR) is 74.1 cm³/mol. The lowest BCUT2D eigenvalue weighted by molar-refractivity contribution is -0.149. The number of carbonyl (C=O) groups is 2. The summed E-state index contributed by atoms with van der Waals surface area (Å²) in [6, 6.07) is 5.19. The van der Waals surface area contributed by atoms with Gasteiger partial charge in [-0.05, 0) is 42.4 Å². The Labute approximate surface area is 122 Å². The van der Waals surface area contributed by atoms with Crippen molar-refractivity contribution in [2.75, 3.05) is 6.54 Å². The predicted octanol–water partition coefficient (Wildman–Crippen LogP) is 2.08. The minimum absolute atomic E-state index is 0.0565. The van der Waals surface area contributed by atoms with Crippen LogP contribution < -0.4 is 0 Å². The number of hydrogen-bond acceptors (Lipinski definition) is 2. The van der Waals surface area contributed by atoms with Crippen LogP contribution >= 0.6 is 0 Å². The summed E-state index contributed by atoms with van der Waals surface area (Å²) < 4.78 is 13.2. The van der Waals surface area contributed by atoms with Gasteiger partial charge in [0.15, 0.2) is 0 Å². The van der Waals surface area contributed by atoms with Crippen LogP contribution in [0.5, 0.6) is 0 Å². The van der Waals surface area contributed by atoms with Gasteiger partial charge in [0.05, 0.1) is 6.42 Å². The molecule has 1 aliphatic heterocycles. The summed E-state index contributed by atoms with van der Waals surface area (Å²) in [6.07, 6.45) is 2.98. The van der Waals surface area contributed by atoms with Crippen molar-refractivity contribution in [1.29, 1.82) is 0 Å². The molecule has 1 aromatic carbocycles. The molecule has 21 heavy (non-hydrogen) atoms. The van der Waals surface area contributed by atoms with Crippen molar-refractivity contribution >= 4 is 11.9 Å². The Hall–Kier alpha value is -1.91. The fourth-order valence-corrected chi connectivity index (χ4v) is 3.80. The lowest BCUT2D eigenvalue weighted by Crippen LogP contribution is -2.43. The molecule has 3 unspecified atom stereocenters. The van der Waals surface area contributed by atoms with Crippen LogP contribution in [0.4, 0.5) is 4.39 Å². The van der Waals surface area contributed by atoms with Crippen LogP contribution in [-0.4, -0.2) is 34.5 Å². The molecule has 0 radical (unpaired) electrons. The number of amides is 1. The van der Waals surface area contributed by atoms with E-state index in [4.69, 9.17) is 0 Å². The SMILES string of the molecule is O=C(O)C1C2CCCC2CN1C(=O)Cc1cccc(F)c1. The van der Waals surface area contributed by atoms with Gasteiger partial charge in [-0.25, -0.2) is 9.18 Å². The van der Waals surface area contributed by atoms with Gasteiger partial charge in [0.1, 0.15) is 11.9 Å². The summed E-state index contributed by atoms with van der Waals surface area (Å²) in [7, 11) is 0. The summed E-state index contributed by atoms with van der Waals surface area (Å²) in [4.78, 5) is 25.4. The molecule has 1 heterocycles. The molecular formula is C16H18FNO3. The molecular weight excluding hydrogens is 273 g/mol. The third kappa shape index (κ3) is 2.64. The van der Waals surface area contributed by atoms with E-state index < -0.39 is 12.0 Å². The van der Waals surface area contributed by atoms with E-state index in [1.807, 2.05) is 0 Å². The molecule has 4 nitrogen and oxygen atoms in total. The topological polar surface area (TPSA) is 57.6 Å². The molecule has 2 fully saturated rings. The lowest BCUT2D eigenvalue weighted by atomic mass is 9.94. The highest BCUT2D eigenvalue weighted by Gasteiger charge is 2.49. The zero-order chi connectivity index (χ0) is 15.0. The maximum absolute atomic E-state index is 13.2. The van der Waals surface area contributed by atoms with Gasteiger partial charge in [-0.15, -0.1) is 0 Å². The minimum Gasteiger partial charge on any atom is -0.480 e. The molecule has 1 amide bonds. The Morgan fingerprint density at radius 3 is 2.86 bits per heavy atom. The molecule has 0 spiro atoms. The van der Waals surface area contributed by atoms with E-state index in [0.29, 0.717) is 18.0 Å². The number of likely N-dealkylation sites (tertiary alicyclic amines) is 1. The first kappa shape index (κ1) is 14.0. The first-order valence-electron chi connectivity index (χ1n) is 7.33. The third-order valence-corrected chi connectivity index (χ3v) is 4.71. The van der Waals surface area contributed by atoms with Crippen molar-refractivity contribution in [3.8, 4) is 0 Å². The zero-order valence-corrected chi connectivity index (χ0v) is 11.7. The molecule has 1 saturated heterocycles. The normalized spacial score (nSPS) is 27.7. The van der Waals surface area contributed by atoms with Crippen LogP contribution in [0.1, 0.15) is 24.8 Å². The van der Waals surface area contributed by atoms with Crippen molar-refractivity contribution < 1.29 is 19.1 Å². The molecule has 0 bridgehead atoms. The lowest BCUT2D eigenvalue weighted by Gasteiger charge is -2.24. The zero-order valence-electron chi connectivity index (χ0n) is 11.7. The monoisotopic (exact) mass is 291 g/mol. The molecule has 0 aromatic heterocycles. The molecule has 1 aliphatic carbocycles. The summed E-state index contributed by atoms with van der Waals surface area (Å²) in [5.74, 6) is -1.13. The van der Waals surface area contributed by atoms with Gasteiger partial charge >= 0.3 is 5.97 Å². The quantitative estimate of drug-likeness (QED) is 0.927. The van der Waals surface area contributed by atoms with Gasteiger partial charge in [-0.2, -0.15) is 0 Å². The van der Waals surface area contributed by atoms with Gasteiger partial charge in [0.2, 0.25) is 5.91 Å². The highest BCUT2D eigenvalue weighted by atomic mass is 19.1. The Kier molecular flexibility index (Phi) is 3.66. The van der Waals surface area contributed by atoms with Crippen molar-refractivity contribution in [3.05, 3.63) is 35.6 Å². The Balaban J connectivity index is 1.76. The van der Waals surface area contributed by atoms with Gasteiger partial charge in [-0.1, -0.05) is 18.6 Å². The molecule has 3 rings (SSSR count).